The van der Waals surface area contributed by atoms with Crippen molar-refractivity contribution in [3.8, 4) is 5.75 Å². The summed E-state index contributed by atoms with van der Waals surface area (Å²) in [5.74, 6) is 2.24. The minimum Gasteiger partial charge on any atom is -0.415 e. The maximum absolute atomic E-state index is 13.1. The van der Waals surface area contributed by atoms with Crippen molar-refractivity contribution in [2.75, 3.05) is 67.1 Å². The predicted molar refractivity (Wildman–Crippen MR) is 126 cm³/mol. The quantitative estimate of drug-likeness (QED) is 0.688. The van der Waals surface area contributed by atoms with Crippen LogP contribution in [0.1, 0.15) is 36.0 Å². The molecule has 2 aromatic rings. The van der Waals surface area contributed by atoms with Gasteiger partial charge in [0, 0.05) is 57.4 Å². The molecule has 3 saturated heterocycles. The zero-order valence-electron chi connectivity index (χ0n) is 18.2. The third-order valence-corrected chi connectivity index (χ3v) is 6.56. The van der Waals surface area contributed by atoms with Crippen molar-refractivity contribution in [1.82, 2.24) is 15.3 Å². The SMILES string of the molecule is O=C(Oc1c(N2CCCC2)nc(N2CCCC2)nc1N1CCNCC1)c1ccc(Cl)cc1. The Morgan fingerprint density at radius 3 is 1.94 bits per heavy atom. The molecular formula is C23H29ClN6O2. The molecule has 32 heavy (non-hydrogen) atoms. The van der Waals surface area contributed by atoms with Gasteiger partial charge in [0.1, 0.15) is 0 Å². The van der Waals surface area contributed by atoms with Gasteiger partial charge in [0.25, 0.3) is 0 Å². The van der Waals surface area contributed by atoms with Crippen molar-refractivity contribution in [2.24, 2.45) is 0 Å². The zero-order valence-corrected chi connectivity index (χ0v) is 19.0. The molecule has 4 heterocycles. The number of carbonyl (C=O) groups excluding carboxylic acids is 1. The fraction of sp³-hybridized carbons (Fsp3) is 0.522. The van der Waals surface area contributed by atoms with E-state index < -0.39 is 5.97 Å². The second-order valence-electron chi connectivity index (χ2n) is 8.52. The standard InChI is InChI=1S/C23H29ClN6O2/c24-18-7-5-17(6-8-18)22(31)32-19-20(28-11-1-2-12-28)26-23(30-13-3-4-14-30)27-21(19)29-15-9-25-10-16-29/h5-8,25H,1-4,9-16H2. The van der Waals surface area contributed by atoms with Crippen LogP contribution in [0.25, 0.3) is 0 Å². The number of anilines is 3. The highest BCUT2D eigenvalue weighted by molar-refractivity contribution is 6.30. The lowest BCUT2D eigenvalue weighted by atomic mass is 10.2. The van der Waals surface area contributed by atoms with E-state index >= 15 is 0 Å². The van der Waals surface area contributed by atoms with E-state index in [1.54, 1.807) is 24.3 Å². The summed E-state index contributed by atoms with van der Waals surface area (Å²) in [6, 6.07) is 6.77. The van der Waals surface area contributed by atoms with Gasteiger partial charge in [-0.3, -0.25) is 0 Å². The monoisotopic (exact) mass is 456 g/mol. The van der Waals surface area contributed by atoms with Gasteiger partial charge in [0.2, 0.25) is 11.7 Å². The normalized spacial score (nSPS) is 19.0. The molecular weight excluding hydrogens is 428 g/mol. The number of piperazine rings is 1. The van der Waals surface area contributed by atoms with Gasteiger partial charge in [-0.1, -0.05) is 11.6 Å². The summed E-state index contributed by atoms with van der Waals surface area (Å²) >= 11 is 6.00. The molecule has 1 aromatic carbocycles. The number of benzene rings is 1. The van der Waals surface area contributed by atoms with Gasteiger partial charge in [-0.2, -0.15) is 9.97 Å². The van der Waals surface area contributed by atoms with Gasteiger partial charge in [-0.15, -0.1) is 0 Å². The molecule has 0 amide bonds. The van der Waals surface area contributed by atoms with E-state index in [9.17, 15) is 4.79 Å². The summed E-state index contributed by atoms with van der Waals surface area (Å²) < 4.78 is 6.06. The molecule has 0 unspecified atom stereocenters. The molecule has 170 valence electrons. The molecule has 0 aliphatic carbocycles. The van der Waals surface area contributed by atoms with Crippen molar-refractivity contribution >= 4 is 35.2 Å². The van der Waals surface area contributed by atoms with Crippen molar-refractivity contribution in [3.63, 3.8) is 0 Å². The minimum absolute atomic E-state index is 0.420. The van der Waals surface area contributed by atoms with Crippen LogP contribution in [0.15, 0.2) is 24.3 Å². The minimum atomic E-state index is -0.420. The molecule has 8 nitrogen and oxygen atoms in total. The average Bonchev–Trinajstić information content (AvgIpc) is 3.55. The lowest BCUT2D eigenvalue weighted by Gasteiger charge is -2.32. The maximum atomic E-state index is 13.1. The van der Waals surface area contributed by atoms with Crippen LogP contribution < -0.4 is 24.8 Å². The molecule has 5 rings (SSSR count). The zero-order chi connectivity index (χ0) is 21.9. The molecule has 1 N–H and O–H groups in total. The van der Waals surface area contributed by atoms with Crippen LogP contribution in [0.5, 0.6) is 5.75 Å². The lowest BCUT2D eigenvalue weighted by molar-refractivity contribution is 0.0734. The van der Waals surface area contributed by atoms with Crippen molar-refractivity contribution < 1.29 is 9.53 Å². The highest BCUT2D eigenvalue weighted by Gasteiger charge is 2.30. The van der Waals surface area contributed by atoms with Crippen LogP contribution in [-0.2, 0) is 0 Å². The largest absolute Gasteiger partial charge is 0.415 e. The number of halogens is 1. The van der Waals surface area contributed by atoms with E-state index in [1.807, 2.05) is 0 Å². The first-order valence-corrected chi connectivity index (χ1v) is 11.9. The van der Waals surface area contributed by atoms with E-state index in [0.29, 0.717) is 22.2 Å². The Hall–Kier alpha value is -2.58. The summed E-state index contributed by atoms with van der Waals surface area (Å²) in [6.07, 6.45) is 4.52. The first-order valence-electron chi connectivity index (χ1n) is 11.5. The van der Waals surface area contributed by atoms with E-state index in [-0.39, 0.29) is 0 Å². The van der Waals surface area contributed by atoms with Crippen molar-refractivity contribution in [1.29, 1.82) is 0 Å². The Morgan fingerprint density at radius 2 is 1.34 bits per heavy atom. The number of esters is 1. The molecule has 0 spiro atoms. The third kappa shape index (κ3) is 4.47. The van der Waals surface area contributed by atoms with Crippen LogP contribution >= 0.6 is 11.6 Å². The predicted octanol–water partition coefficient (Wildman–Crippen LogP) is 2.96. The molecule has 1 aromatic heterocycles. The van der Waals surface area contributed by atoms with E-state index in [0.717, 1.165) is 89.8 Å². The second-order valence-corrected chi connectivity index (χ2v) is 8.96. The van der Waals surface area contributed by atoms with Crippen molar-refractivity contribution in [3.05, 3.63) is 34.9 Å². The molecule has 0 radical (unpaired) electrons. The Balaban J connectivity index is 1.57. The van der Waals surface area contributed by atoms with Gasteiger partial charge < -0.3 is 24.8 Å². The topological polar surface area (TPSA) is 73.8 Å². The van der Waals surface area contributed by atoms with Crippen LogP contribution in [0.3, 0.4) is 0 Å². The van der Waals surface area contributed by atoms with Gasteiger partial charge in [0.15, 0.2) is 11.6 Å². The van der Waals surface area contributed by atoms with Crippen LogP contribution in [0, 0.1) is 0 Å². The second kappa shape index (κ2) is 9.50. The lowest BCUT2D eigenvalue weighted by Crippen LogP contribution is -2.44. The summed E-state index contributed by atoms with van der Waals surface area (Å²) in [5.41, 5.74) is 0.455. The van der Waals surface area contributed by atoms with Crippen LogP contribution in [0.2, 0.25) is 5.02 Å². The first kappa shape index (κ1) is 21.3. The van der Waals surface area contributed by atoms with E-state index in [1.165, 1.54) is 0 Å². The van der Waals surface area contributed by atoms with Crippen LogP contribution in [-0.4, -0.2) is 68.3 Å². The smallest absolute Gasteiger partial charge is 0.343 e. The number of nitrogens with one attached hydrogen (secondary N) is 1. The summed E-state index contributed by atoms with van der Waals surface area (Å²) in [6.45, 7) is 7.09. The van der Waals surface area contributed by atoms with Gasteiger partial charge in [-0.05, 0) is 49.9 Å². The number of nitrogens with zero attached hydrogens (tertiary/aromatic N) is 5. The Labute approximate surface area is 193 Å². The third-order valence-electron chi connectivity index (χ3n) is 6.30. The Kier molecular flexibility index (Phi) is 6.32. The molecule has 0 bridgehead atoms. The number of rotatable bonds is 5. The summed E-state index contributed by atoms with van der Waals surface area (Å²) in [7, 11) is 0. The fourth-order valence-corrected chi connectivity index (χ4v) is 4.66. The van der Waals surface area contributed by atoms with Crippen LogP contribution in [0.4, 0.5) is 17.6 Å². The molecule has 3 aliphatic rings. The van der Waals surface area contributed by atoms with Crippen molar-refractivity contribution in [2.45, 2.75) is 25.7 Å². The highest BCUT2D eigenvalue weighted by Crippen LogP contribution is 2.39. The summed E-state index contributed by atoms with van der Waals surface area (Å²) in [5, 5.41) is 3.97. The molecule has 0 atom stereocenters. The van der Waals surface area contributed by atoms with E-state index in [2.05, 4.69) is 20.0 Å². The highest BCUT2D eigenvalue weighted by atomic mass is 35.5. The number of carbonyl (C=O) groups is 1. The van der Waals surface area contributed by atoms with Gasteiger partial charge >= 0.3 is 5.97 Å². The first-order chi connectivity index (χ1) is 15.7. The maximum Gasteiger partial charge on any atom is 0.343 e. The number of ether oxygens (including phenoxy) is 1. The fourth-order valence-electron chi connectivity index (χ4n) is 4.54. The molecule has 0 saturated carbocycles. The van der Waals surface area contributed by atoms with Gasteiger partial charge in [-0.25, -0.2) is 4.79 Å². The van der Waals surface area contributed by atoms with Gasteiger partial charge in [0.05, 0.1) is 5.56 Å². The summed E-state index contributed by atoms with van der Waals surface area (Å²) in [4.78, 5) is 29.7. The Bertz CT molecular complexity index is 952. The number of aromatic nitrogens is 2. The molecule has 3 aliphatic heterocycles. The van der Waals surface area contributed by atoms with E-state index in [4.69, 9.17) is 26.3 Å². The number of hydrogen-bond donors (Lipinski definition) is 1. The number of hydrogen-bond acceptors (Lipinski definition) is 8. The average molecular weight is 457 g/mol. The Morgan fingerprint density at radius 1 is 0.812 bits per heavy atom. The molecule has 9 heteroatoms. The molecule has 3 fully saturated rings.